The zero-order chi connectivity index (χ0) is 28.8. The van der Waals surface area contributed by atoms with Gasteiger partial charge in [0.15, 0.2) is 10.3 Å². The molecule has 2 aromatic heterocycles. The van der Waals surface area contributed by atoms with Crippen LogP contribution in [0, 0.1) is 27.7 Å². The first-order chi connectivity index (χ1) is 19.0. The number of aromatic amines is 2. The number of carbonyl (C=O) groups is 2. The second kappa shape index (κ2) is 12.8. The molecule has 0 aliphatic carbocycles. The molecule has 206 valence electrons. The first kappa shape index (κ1) is 28.8. The van der Waals surface area contributed by atoms with Gasteiger partial charge in [-0.3, -0.25) is 19.2 Å². The highest BCUT2D eigenvalue weighted by Gasteiger charge is 2.11. The van der Waals surface area contributed by atoms with Crippen LogP contribution in [-0.2, 0) is 9.59 Å². The lowest BCUT2D eigenvalue weighted by Gasteiger charge is -2.14. The molecule has 12 heteroatoms. The topological polar surface area (TPSA) is 150 Å². The zero-order valence-corrected chi connectivity index (χ0v) is 24.0. The number of amides is 2. The van der Waals surface area contributed by atoms with Gasteiger partial charge >= 0.3 is 0 Å². The van der Waals surface area contributed by atoms with E-state index in [0.717, 1.165) is 45.8 Å². The van der Waals surface area contributed by atoms with Crippen molar-refractivity contribution >= 4 is 46.7 Å². The Morgan fingerprint density at radius 2 is 1.07 bits per heavy atom. The van der Waals surface area contributed by atoms with Crippen molar-refractivity contribution in [2.75, 3.05) is 22.1 Å². The van der Waals surface area contributed by atoms with Crippen molar-refractivity contribution in [1.29, 1.82) is 0 Å². The highest BCUT2D eigenvalue weighted by Crippen LogP contribution is 2.30. The third-order valence-electron chi connectivity index (χ3n) is 5.69. The number of aromatic nitrogens is 4. The molecule has 0 aliphatic rings. The Hall–Kier alpha value is -4.16. The lowest BCUT2D eigenvalue weighted by atomic mass is 9.96. The van der Waals surface area contributed by atoms with Crippen LogP contribution in [0.2, 0.25) is 0 Å². The number of hydrogen-bond donors (Lipinski definition) is 4. The van der Waals surface area contributed by atoms with Crippen molar-refractivity contribution in [3.05, 3.63) is 91.8 Å². The van der Waals surface area contributed by atoms with E-state index in [1.807, 2.05) is 50.2 Å². The summed E-state index contributed by atoms with van der Waals surface area (Å²) in [6, 6.07) is 14.2. The Bertz CT molecular complexity index is 1570. The van der Waals surface area contributed by atoms with Crippen LogP contribution in [0.4, 0.5) is 11.4 Å². The van der Waals surface area contributed by atoms with E-state index in [9.17, 15) is 19.2 Å². The summed E-state index contributed by atoms with van der Waals surface area (Å²) < 4.78 is 0. The van der Waals surface area contributed by atoms with E-state index in [0.29, 0.717) is 33.1 Å². The Morgan fingerprint density at radius 1 is 0.675 bits per heavy atom. The van der Waals surface area contributed by atoms with Gasteiger partial charge in [-0.1, -0.05) is 35.7 Å². The number of aryl methyl sites for hydroxylation is 4. The van der Waals surface area contributed by atoms with Gasteiger partial charge in [-0.15, -0.1) is 0 Å². The van der Waals surface area contributed by atoms with E-state index in [1.165, 1.54) is 12.1 Å². The predicted molar refractivity (Wildman–Crippen MR) is 159 cm³/mol. The molecule has 40 heavy (non-hydrogen) atoms. The zero-order valence-electron chi connectivity index (χ0n) is 22.4. The molecule has 0 unspecified atom stereocenters. The molecule has 10 nitrogen and oxygen atoms in total. The van der Waals surface area contributed by atoms with Gasteiger partial charge in [0.1, 0.15) is 0 Å². The number of anilines is 2. The number of rotatable bonds is 9. The molecular weight excluding hydrogens is 548 g/mol. The van der Waals surface area contributed by atoms with Gasteiger partial charge in [-0.2, -0.15) is 0 Å². The molecule has 0 bridgehead atoms. The Balaban J connectivity index is 1.35. The minimum absolute atomic E-state index is 0.109. The van der Waals surface area contributed by atoms with Gasteiger partial charge in [0.05, 0.1) is 11.5 Å². The quantitative estimate of drug-likeness (QED) is 0.171. The molecule has 0 atom stereocenters. The van der Waals surface area contributed by atoms with Gasteiger partial charge in [0.2, 0.25) is 11.8 Å². The van der Waals surface area contributed by atoms with Crippen LogP contribution in [0.15, 0.2) is 68.4 Å². The van der Waals surface area contributed by atoms with E-state index < -0.39 is 0 Å². The fraction of sp³-hybridized carbons (Fsp3) is 0.214. The van der Waals surface area contributed by atoms with Gasteiger partial charge < -0.3 is 20.6 Å². The van der Waals surface area contributed by atoms with Crippen molar-refractivity contribution in [3.63, 3.8) is 0 Å². The molecule has 0 aliphatic heterocycles. The summed E-state index contributed by atoms with van der Waals surface area (Å²) >= 11 is 2.33. The molecule has 4 N–H and O–H groups in total. The van der Waals surface area contributed by atoms with Crippen LogP contribution in [0.1, 0.15) is 22.5 Å². The minimum Gasteiger partial charge on any atom is -0.325 e. The number of hydrogen-bond acceptors (Lipinski definition) is 8. The van der Waals surface area contributed by atoms with Crippen LogP contribution in [0.5, 0.6) is 0 Å². The van der Waals surface area contributed by atoms with E-state index >= 15 is 0 Å². The molecule has 4 rings (SSSR count). The maximum atomic E-state index is 12.5. The second-order valence-electron chi connectivity index (χ2n) is 9.12. The van der Waals surface area contributed by atoms with Crippen LogP contribution in [-0.4, -0.2) is 43.3 Å². The number of nitrogens with one attached hydrogen (secondary N) is 4. The summed E-state index contributed by atoms with van der Waals surface area (Å²) in [6.07, 6.45) is 0. The van der Waals surface area contributed by atoms with E-state index in [1.54, 1.807) is 13.8 Å². The van der Waals surface area contributed by atoms with Crippen molar-refractivity contribution < 1.29 is 9.59 Å². The number of carbonyl (C=O) groups excluding carboxylic acids is 2. The lowest BCUT2D eigenvalue weighted by molar-refractivity contribution is -0.114. The fourth-order valence-electron chi connectivity index (χ4n) is 3.99. The number of H-pyrrole nitrogens is 2. The number of nitrogens with zero attached hydrogens (tertiary/aromatic N) is 2. The molecule has 4 aromatic rings. The molecule has 2 amide bonds. The summed E-state index contributed by atoms with van der Waals surface area (Å²) in [7, 11) is 0. The third kappa shape index (κ3) is 7.93. The molecule has 2 aromatic carbocycles. The Kier molecular flexibility index (Phi) is 9.22. The second-order valence-corrected chi connectivity index (χ2v) is 11.0. The standard InChI is InChI=1S/C28H28N6O4S2/c1-15-9-19(31-25(37)13-39-27-29-17(3)11-23(35)33-27)5-7-21(15)22-8-6-20(10-16(22)2)32-26(38)14-40-28-30-18(4)12-24(36)34-28/h5-12H,13-14H2,1-4H3,(H,31,37)(H,32,38)(H,29,33,35)(H,30,34,36). The molecule has 0 saturated heterocycles. The van der Waals surface area contributed by atoms with Crippen LogP contribution < -0.4 is 21.8 Å². The van der Waals surface area contributed by atoms with Crippen molar-refractivity contribution in [1.82, 2.24) is 19.9 Å². The third-order valence-corrected chi connectivity index (χ3v) is 7.43. The first-order valence-corrected chi connectivity index (χ1v) is 14.3. The first-order valence-electron chi connectivity index (χ1n) is 12.3. The summed E-state index contributed by atoms with van der Waals surface area (Å²) in [5, 5.41) is 6.57. The average Bonchev–Trinajstić information content (AvgIpc) is 2.86. The smallest absolute Gasteiger partial charge is 0.251 e. The number of benzene rings is 2. The highest BCUT2D eigenvalue weighted by atomic mass is 32.2. The SMILES string of the molecule is Cc1cc(=O)[nH]c(SCC(=O)Nc2ccc(-c3ccc(NC(=O)CSc4nc(C)cc(=O)[nH]4)cc3C)c(C)c2)n1. The Morgan fingerprint density at radius 3 is 1.43 bits per heavy atom. The van der Waals surface area contributed by atoms with Crippen LogP contribution in [0.3, 0.4) is 0 Å². The van der Waals surface area contributed by atoms with Gasteiger partial charge in [0.25, 0.3) is 11.1 Å². The molecule has 0 saturated carbocycles. The molecule has 0 fully saturated rings. The molecule has 0 radical (unpaired) electrons. The molecule has 0 spiro atoms. The van der Waals surface area contributed by atoms with E-state index in [2.05, 4.69) is 30.6 Å². The normalized spacial score (nSPS) is 10.8. The maximum Gasteiger partial charge on any atom is 0.251 e. The van der Waals surface area contributed by atoms with E-state index in [4.69, 9.17) is 0 Å². The summed E-state index contributed by atoms with van der Waals surface area (Å²) in [4.78, 5) is 61.7. The van der Waals surface area contributed by atoms with E-state index in [-0.39, 0.29) is 34.4 Å². The lowest BCUT2D eigenvalue weighted by Crippen LogP contribution is -2.16. The van der Waals surface area contributed by atoms with Crippen LogP contribution in [0.25, 0.3) is 11.1 Å². The fourth-order valence-corrected chi connectivity index (χ4v) is 5.43. The summed E-state index contributed by atoms with van der Waals surface area (Å²) in [6.45, 7) is 7.39. The number of thioether (sulfide) groups is 2. The van der Waals surface area contributed by atoms with Crippen LogP contribution >= 0.6 is 23.5 Å². The largest absolute Gasteiger partial charge is 0.325 e. The van der Waals surface area contributed by atoms with Gasteiger partial charge in [-0.25, -0.2) is 9.97 Å². The van der Waals surface area contributed by atoms with Crippen molar-refractivity contribution in [2.24, 2.45) is 0 Å². The summed E-state index contributed by atoms with van der Waals surface area (Å²) in [5.74, 6) is -0.199. The monoisotopic (exact) mass is 576 g/mol. The van der Waals surface area contributed by atoms with Gasteiger partial charge in [-0.05, 0) is 74.2 Å². The molecular formula is C28H28N6O4S2. The average molecular weight is 577 g/mol. The molecule has 2 heterocycles. The maximum absolute atomic E-state index is 12.5. The minimum atomic E-state index is -0.249. The Labute approximate surface area is 238 Å². The van der Waals surface area contributed by atoms with Crippen molar-refractivity contribution in [3.8, 4) is 11.1 Å². The summed E-state index contributed by atoms with van der Waals surface area (Å²) in [5.41, 5.74) is 6.00. The predicted octanol–water partition coefficient (Wildman–Crippen LogP) is 4.22. The highest BCUT2D eigenvalue weighted by molar-refractivity contribution is 8.00. The van der Waals surface area contributed by atoms with Gasteiger partial charge in [0, 0.05) is 34.9 Å². The van der Waals surface area contributed by atoms with Crippen molar-refractivity contribution in [2.45, 2.75) is 38.0 Å².